The number of rotatable bonds is 8. The molecule has 0 unspecified atom stereocenters. The summed E-state index contributed by atoms with van der Waals surface area (Å²) >= 11 is 0. The molecule has 0 spiro atoms. The van der Waals surface area contributed by atoms with Gasteiger partial charge in [-0.2, -0.15) is 0 Å². The van der Waals surface area contributed by atoms with Crippen LogP contribution >= 0.6 is 0 Å². The van der Waals surface area contributed by atoms with E-state index in [2.05, 4.69) is 67.7 Å². The summed E-state index contributed by atoms with van der Waals surface area (Å²) in [4.78, 5) is 0. The molecule has 0 fully saturated rings. The van der Waals surface area contributed by atoms with Crippen LogP contribution in [-0.2, 0) is 4.74 Å². The van der Waals surface area contributed by atoms with Gasteiger partial charge in [-0.3, -0.25) is 0 Å². The summed E-state index contributed by atoms with van der Waals surface area (Å²) in [5.41, 5.74) is 3.64. The largest absolute Gasteiger partial charge is 0.383 e. The van der Waals surface area contributed by atoms with Gasteiger partial charge in [-0.1, -0.05) is 56.3 Å². The first kappa shape index (κ1) is 15.6. The first-order valence-electron chi connectivity index (χ1n) is 7.73. The van der Waals surface area contributed by atoms with Crippen LogP contribution in [0.5, 0.6) is 0 Å². The van der Waals surface area contributed by atoms with E-state index in [0.29, 0.717) is 5.92 Å². The van der Waals surface area contributed by atoms with Gasteiger partial charge in [0.05, 0.1) is 6.61 Å². The third-order valence-corrected chi connectivity index (χ3v) is 3.41. The number of benzene rings is 2. The molecule has 0 aliphatic heterocycles. The highest BCUT2D eigenvalue weighted by molar-refractivity contribution is 5.65. The van der Waals surface area contributed by atoms with Crippen molar-refractivity contribution < 1.29 is 4.74 Å². The highest BCUT2D eigenvalue weighted by atomic mass is 16.5. The first-order valence-corrected chi connectivity index (χ1v) is 7.73. The van der Waals surface area contributed by atoms with E-state index in [1.165, 1.54) is 11.1 Å². The van der Waals surface area contributed by atoms with Crippen LogP contribution in [0.25, 0.3) is 11.1 Å². The minimum Gasteiger partial charge on any atom is -0.383 e. The summed E-state index contributed by atoms with van der Waals surface area (Å²) in [6, 6.07) is 19.0. The highest BCUT2D eigenvalue weighted by Crippen LogP contribution is 2.20. The van der Waals surface area contributed by atoms with E-state index < -0.39 is 0 Å². The van der Waals surface area contributed by atoms with Crippen molar-refractivity contribution in [2.24, 2.45) is 5.92 Å². The van der Waals surface area contributed by atoms with Gasteiger partial charge in [-0.15, -0.1) is 0 Å². The maximum atomic E-state index is 5.60. The zero-order valence-electron chi connectivity index (χ0n) is 13.0. The molecule has 2 nitrogen and oxygen atoms in total. The van der Waals surface area contributed by atoms with Gasteiger partial charge in [0, 0.05) is 18.8 Å². The third kappa shape index (κ3) is 5.60. The molecule has 1 N–H and O–H groups in total. The van der Waals surface area contributed by atoms with Crippen LogP contribution < -0.4 is 5.32 Å². The number of ether oxygens (including phenoxy) is 1. The molecular formula is C19H25NO. The fourth-order valence-corrected chi connectivity index (χ4v) is 2.10. The van der Waals surface area contributed by atoms with E-state index in [1.807, 2.05) is 6.07 Å². The minimum atomic E-state index is 0.712. The molecule has 0 atom stereocenters. The van der Waals surface area contributed by atoms with Crippen LogP contribution in [0.3, 0.4) is 0 Å². The number of nitrogens with one attached hydrogen (secondary N) is 1. The SMILES string of the molecule is CC(C)CCOCCNc1ccc(-c2ccccc2)cc1. The molecule has 0 aliphatic carbocycles. The molecule has 2 rings (SSSR count). The zero-order valence-corrected chi connectivity index (χ0v) is 13.0. The van der Waals surface area contributed by atoms with Crippen LogP contribution in [0.4, 0.5) is 5.69 Å². The quantitative estimate of drug-likeness (QED) is 0.701. The molecule has 2 heteroatoms. The van der Waals surface area contributed by atoms with Gasteiger partial charge in [-0.25, -0.2) is 0 Å². The third-order valence-electron chi connectivity index (χ3n) is 3.41. The lowest BCUT2D eigenvalue weighted by molar-refractivity contribution is 0.132. The Hall–Kier alpha value is -1.80. The minimum absolute atomic E-state index is 0.712. The van der Waals surface area contributed by atoms with Crippen molar-refractivity contribution in [2.45, 2.75) is 20.3 Å². The van der Waals surface area contributed by atoms with E-state index in [1.54, 1.807) is 0 Å². The molecule has 112 valence electrons. The second-order valence-corrected chi connectivity index (χ2v) is 5.67. The van der Waals surface area contributed by atoms with Gasteiger partial charge < -0.3 is 10.1 Å². The van der Waals surface area contributed by atoms with Crippen LogP contribution in [0.1, 0.15) is 20.3 Å². The fourth-order valence-electron chi connectivity index (χ4n) is 2.10. The molecule has 0 aliphatic rings. The van der Waals surface area contributed by atoms with Crippen molar-refractivity contribution in [3.05, 3.63) is 54.6 Å². The van der Waals surface area contributed by atoms with Gasteiger partial charge in [0.1, 0.15) is 0 Å². The van der Waals surface area contributed by atoms with Gasteiger partial charge in [0.2, 0.25) is 0 Å². The number of hydrogen-bond donors (Lipinski definition) is 1. The lowest BCUT2D eigenvalue weighted by Gasteiger charge is -2.09. The van der Waals surface area contributed by atoms with Gasteiger partial charge >= 0.3 is 0 Å². The Balaban J connectivity index is 1.73. The highest BCUT2D eigenvalue weighted by Gasteiger charge is 1.97. The van der Waals surface area contributed by atoms with Crippen molar-refractivity contribution in [3.63, 3.8) is 0 Å². The summed E-state index contributed by atoms with van der Waals surface area (Å²) in [7, 11) is 0. The maximum absolute atomic E-state index is 5.60. The fraction of sp³-hybridized carbons (Fsp3) is 0.368. The van der Waals surface area contributed by atoms with Crippen LogP contribution in [0.2, 0.25) is 0 Å². The van der Waals surface area contributed by atoms with Crippen molar-refractivity contribution in [1.82, 2.24) is 0 Å². The van der Waals surface area contributed by atoms with E-state index in [-0.39, 0.29) is 0 Å². The topological polar surface area (TPSA) is 21.3 Å². The molecule has 0 radical (unpaired) electrons. The molecule has 0 bridgehead atoms. The summed E-state index contributed by atoms with van der Waals surface area (Å²) in [6.07, 6.45) is 1.13. The monoisotopic (exact) mass is 283 g/mol. The molecule has 0 amide bonds. The zero-order chi connectivity index (χ0) is 14.9. The Morgan fingerprint density at radius 3 is 2.19 bits per heavy atom. The lowest BCUT2D eigenvalue weighted by Crippen LogP contribution is -2.10. The summed E-state index contributed by atoms with van der Waals surface area (Å²) in [5, 5.41) is 3.39. The molecule has 0 heterocycles. The molecule has 2 aromatic carbocycles. The van der Waals surface area contributed by atoms with Crippen molar-refractivity contribution >= 4 is 5.69 Å². The molecule has 0 aromatic heterocycles. The van der Waals surface area contributed by atoms with Crippen LogP contribution in [0, 0.1) is 5.92 Å². The van der Waals surface area contributed by atoms with Crippen molar-refractivity contribution in [3.8, 4) is 11.1 Å². The smallest absolute Gasteiger partial charge is 0.0639 e. The molecular weight excluding hydrogens is 258 g/mol. The van der Waals surface area contributed by atoms with E-state index in [0.717, 1.165) is 31.9 Å². The predicted molar refractivity (Wildman–Crippen MR) is 90.6 cm³/mol. The second-order valence-electron chi connectivity index (χ2n) is 5.67. The van der Waals surface area contributed by atoms with Crippen LogP contribution in [0.15, 0.2) is 54.6 Å². The summed E-state index contributed by atoms with van der Waals surface area (Å²) < 4.78 is 5.60. The Bertz CT molecular complexity index is 505. The maximum Gasteiger partial charge on any atom is 0.0639 e. The average molecular weight is 283 g/mol. The molecule has 0 saturated carbocycles. The average Bonchev–Trinajstić information content (AvgIpc) is 2.52. The van der Waals surface area contributed by atoms with Gasteiger partial charge in [0.15, 0.2) is 0 Å². The molecule has 0 saturated heterocycles. The second kappa shape index (κ2) is 8.48. The van der Waals surface area contributed by atoms with Gasteiger partial charge in [-0.05, 0) is 35.6 Å². The number of anilines is 1. The first-order chi connectivity index (χ1) is 10.3. The summed E-state index contributed by atoms with van der Waals surface area (Å²) in [5.74, 6) is 0.712. The standard InChI is InChI=1S/C19H25NO/c1-16(2)12-14-21-15-13-20-19-10-8-18(9-11-19)17-6-4-3-5-7-17/h3-11,16,20H,12-15H2,1-2H3. The Morgan fingerprint density at radius 1 is 0.857 bits per heavy atom. The normalized spacial score (nSPS) is 10.8. The predicted octanol–water partition coefficient (Wildman–Crippen LogP) is 4.83. The van der Waals surface area contributed by atoms with Crippen LogP contribution in [-0.4, -0.2) is 19.8 Å². The van der Waals surface area contributed by atoms with E-state index in [4.69, 9.17) is 4.74 Å². The Morgan fingerprint density at radius 2 is 1.52 bits per heavy atom. The van der Waals surface area contributed by atoms with Crippen molar-refractivity contribution in [2.75, 3.05) is 25.1 Å². The molecule has 2 aromatic rings. The lowest BCUT2D eigenvalue weighted by atomic mass is 10.1. The van der Waals surface area contributed by atoms with Crippen molar-refractivity contribution in [1.29, 1.82) is 0 Å². The summed E-state index contributed by atoms with van der Waals surface area (Å²) in [6.45, 7) is 6.90. The number of hydrogen-bond acceptors (Lipinski definition) is 2. The Labute approximate surface area is 128 Å². The Kier molecular flexibility index (Phi) is 6.29. The van der Waals surface area contributed by atoms with Gasteiger partial charge in [0.25, 0.3) is 0 Å². The van der Waals surface area contributed by atoms with E-state index >= 15 is 0 Å². The molecule has 21 heavy (non-hydrogen) atoms. The van der Waals surface area contributed by atoms with E-state index in [9.17, 15) is 0 Å².